The molecule has 0 aromatic carbocycles. The van der Waals surface area contributed by atoms with Gasteiger partial charge in [-0.15, -0.1) is 5.10 Å². The molecule has 3 atom stereocenters. The van der Waals surface area contributed by atoms with Crippen LogP contribution in [0.1, 0.15) is 31.9 Å². The van der Waals surface area contributed by atoms with Crippen LogP contribution in [-0.2, 0) is 12.1 Å². The van der Waals surface area contributed by atoms with E-state index in [9.17, 15) is 5.11 Å². The molecule has 1 aromatic heterocycles. The van der Waals surface area contributed by atoms with Gasteiger partial charge in [-0.3, -0.25) is 0 Å². The van der Waals surface area contributed by atoms with E-state index in [0.29, 0.717) is 5.92 Å². The summed E-state index contributed by atoms with van der Waals surface area (Å²) in [4.78, 5) is 2.44. The van der Waals surface area contributed by atoms with Crippen molar-refractivity contribution in [1.82, 2.24) is 19.9 Å². The van der Waals surface area contributed by atoms with Crippen LogP contribution in [0.25, 0.3) is 0 Å². The van der Waals surface area contributed by atoms with Crippen molar-refractivity contribution in [3.63, 3.8) is 0 Å². The van der Waals surface area contributed by atoms with E-state index in [1.165, 1.54) is 0 Å². The van der Waals surface area contributed by atoms with E-state index in [1.54, 1.807) is 6.20 Å². The number of piperidine rings is 1. The molecule has 2 bridgehead atoms. The highest BCUT2D eigenvalue weighted by Gasteiger charge is 2.47. The Balaban J connectivity index is 1.93. The molecule has 3 rings (SSSR count). The summed E-state index contributed by atoms with van der Waals surface area (Å²) in [6.45, 7) is 6.10. The largest absolute Gasteiger partial charge is 0.383 e. The molecule has 0 spiro atoms. The SMILES string of the molecule is CCCn1nncc1C1(O)CCN2CCC1C2. The lowest BCUT2D eigenvalue weighted by Crippen LogP contribution is -2.45. The maximum absolute atomic E-state index is 11.0. The molecule has 2 fully saturated rings. The molecule has 0 saturated carbocycles. The normalized spacial score (nSPS) is 36.4. The number of aromatic nitrogens is 3. The van der Waals surface area contributed by atoms with Gasteiger partial charge in [0, 0.05) is 25.6 Å². The Morgan fingerprint density at radius 1 is 1.53 bits per heavy atom. The summed E-state index contributed by atoms with van der Waals surface area (Å²) < 4.78 is 1.88. The Labute approximate surface area is 101 Å². The zero-order valence-corrected chi connectivity index (χ0v) is 10.3. The topological polar surface area (TPSA) is 54.2 Å². The Bertz CT molecular complexity index is 405. The predicted molar refractivity (Wildman–Crippen MR) is 63.4 cm³/mol. The summed E-state index contributed by atoms with van der Waals surface area (Å²) in [5.41, 5.74) is 0.219. The van der Waals surface area contributed by atoms with Gasteiger partial charge < -0.3 is 10.0 Å². The van der Waals surface area contributed by atoms with Gasteiger partial charge in [-0.25, -0.2) is 4.68 Å². The van der Waals surface area contributed by atoms with Crippen LogP contribution in [0.3, 0.4) is 0 Å². The van der Waals surface area contributed by atoms with Crippen molar-refractivity contribution in [2.45, 2.75) is 38.3 Å². The van der Waals surface area contributed by atoms with Crippen LogP contribution in [0.15, 0.2) is 6.20 Å². The third-order valence-corrected chi connectivity index (χ3v) is 4.25. The van der Waals surface area contributed by atoms with Gasteiger partial charge in [-0.05, 0) is 25.8 Å². The molecule has 3 unspecified atom stereocenters. The average Bonchev–Trinajstić information content (AvgIpc) is 2.93. The number of nitrogens with zero attached hydrogens (tertiary/aromatic N) is 4. The van der Waals surface area contributed by atoms with Gasteiger partial charge in [0.2, 0.25) is 0 Å². The van der Waals surface area contributed by atoms with Gasteiger partial charge in [0.1, 0.15) is 5.60 Å². The molecule has 5 nitrogen and oxygen atoms in total. The molecule has 0 aliphatic carbocycles. The average molecular weight is 236 g/mol. The van der Waals surface area contributed by atoms with E-state index in [2.05, 4.69) is 22.1 Å². The molecule has 3 heterocycles. The Morgan fingerprint density at radius 2 is 2.41 bits per heavy atom. The second-order valence-electron chi connectivity index (χ2n) is 5.30. The first-order valence-electron chi connectivity index (χ1n) is 6.57. The number of aliphatic hydroxyl groups is 1. The Morgan fingerprint density at radius 3 is 3.24 bits per heavy atom. The molecule has 5 heteroatoms. The fourth-order valence-electron chi connectivity index (χ4n) is 3.27. The maximum atomic E-state index is 11.0. The molecule has 0 radical (unpaired) electrons. The van der Waals surface area contributed by atoms with Gasteiger partial charge in [0.05, 0.1) is 11.9 Å². The quantitative estimate of drug-likeness (QED) is 0.835. The van der Waals surface area contributed by atoms with Crippen molar-refractivity contribution in [1.29, 1.82) is 0 Å². The predicted octanol–water partition coefficient (Wildman–Crippen LogP) is 0.601. The minimum atomic E-state index is -0.703. The lowest BCUT2D eigenvalue weighted by Gasteiger charge is -2.38. The molecule has 2 aliphatic rings. The third kappa shape index (κ3) is 1.68. The summed E-state index contributed by atoms with van der Waals surface area (Å²) in [6, 6.07) is 0. The summed E-state index contributed by atoms with van der Waals surface area (Å²) in [5, 5.41) is 19.1. The van der Waals surface area contributed by atoms with Crippen molar-refractivity contribution in [3.05, 3.63) is 11.9 Å². The fourth-order valence-corrected chi connectivity index (χ4v) is 3.27. The minimum absolute atomic E-state index is 0.352. The second-order valence-corrected chi connectivity index (χ2v) is 5.30. The Hall–Kier alpha value is -0.940. The van der Waals surface area contributed by atoms with Crippen LogP contribution in [0.2, 0.25) is 0 Å². The zero-order chi connectivity index (χ0) is 11.9. The highest BCUT2D eigenvalue weighted by Crippen LogP contribution is 2.42. The van der Waals surface area contributed by atoms with E-state index in [0.717, 1.165) is 51.1 Å². The van der Waals surface area contributed by atoms with Gasteiger partial charge in [-0.1, -0.05) is 12.1 Å². The van der Waals surface area contributed by atoms with Crippen LogP contribution < -0.4 is 0 Å². The number of hydrogen-bond acceptors (Lipinski definition) is 4. The number of hydrogen-bond donors (Lipinski definition) is 1. The fraction of sp³-hybridized carbons (Fsp3) is 0.833. The van der Waals surface area contributed by atoms with Gasteiger partial charge in [0.25, 0.3) is 0 Å². The van der Waals surface area contributed by atoms with Crippen LogP contribution in [0.4, 0.5) is 0 Å². The standard InChI is InChI=1S/C12H20N4O/c1-2-5-16-11(8-13-14-16)12(17)4-7-15-6-3-10(12)9-15/h8,10,17H,2-7,9H2,1H3. The monoisotopic (exact) mass is 236 g/mol. The highest BCUT2D eigenvalue weighted by molar-refractivity contribution is 5.14. The molecule has 2 aliphatic heterocycles. The van der Waals surface area contributed by atoms with Crippen LogP contribution in [-0.4, -0.2) is 44.6 Å². The first-order valence-corrected chi connectivity index (χ1v) is 6.57. The number of fused-ring (bicyclic) bond motifs is 2. The number of aryl methyl sites for hydroxylation is 1. The Kier molecular flexibility index (Phi) is 2.67. The lowest BCUT2D eigenvalue weighted by molar-refractivity contribution is -0.0571. The molecule has 0 amide bonds. The number of rotatable bonds is 3. The van der Waals surface area contributed by atoms with Crippen molar-refractivity contribution in [3.8, 4) is 0 Å². The maximum Gasteiger partial charge on any atom is 0.113 e. The van der Waals surface area contributed by atoms with Crippen LogP contribution >= 0.6 is 0 Å². The van der Waals surface area contributed by atoms with Crippen molar-refractivity contribution in [2.24, 2.45) is 5.92 Å². The van der Waals surface area contributed by atoms with Crippen LogP contribution in [0, 0.1) is 5.92 Å². The van der Waals surface area contributed by atoms with E-state index in [1.807, 2.05) is 4.68 Å². The molecule has 1 aromatic rings. The van der Waals surface area contributed by atoms with Crippen molar-refractivity contribution in [2.75, 3.05) is 19.6 Å². The first-order chi connectivity index (χ1) is 8.24. The summed E-state index contributed by atoms with van der Waals surface area (Å²) in [7, 11) is 0. The van der Waals surface area contributed by atoms with Crippen LogP contribution in [0.5, 0.6) is 0 Å². The minimum Gasteiger partial charge on any atom is -0.383 e. The lowest BCUT2D eigenvalue weighted by atomic mass is 9.80. The van der Waals surface area contributed by atoms with E-state index in [4.69, 9.17) is 0 Å². The molecular formula is C12H20N4O. The van der Waals surface area contributed by atoms with Gasteiger partial charge in [0.15, 0.2) is 0 Å². The molecule has 17 heavy (non-hydrogen) atoms. The van der Waals surface area contributed by atoms with Crippen molar-refractivity contribution < 1.29 is 5.11 Å². The zero-order valence-electron chi connectivity index (χ0n) is 10.3. The van der Waals surface area contributed by atoms with Gasteiger partial charge in [-0.2, -0.15) is 0 Å². The molecular weight excluding hydrogens is 216 g/mol. The second kappa shape index (κ2) is 4.07. The summed E-state index contributed by atoms with van der Waals surface area (Å²) in [6.07, 6.45) is 4.68. The highest BCUT2D eigenvalue weighted by atomic mass is 16.3. The van der Waals surface area contributed by atoms with Crippen molar-refractivity contribution >= 4 is 0 Å². The smallest absolute Gasteiger partial charge is 0.113 e. The summed E-state index contributed by atoms with van der Waals surface area (Å²) >= 11 is 0. The van der Waals surface area contributed by atoms with E-state index in [-0.39, 0.29) is 0 Å². The summed E-state index contributed by atoms with van der Waals surface area (Å²) in [5.74, 6) is 0.352. The molecule has 2 saturated heterocycles. The van der Waals surface area contributed by atoms with E-state index >= 15 is 0 Å². The van der Waals surface area contributed by atoms with Gasteiger partial charge >= 0.3 is 0 Å². The first kappa shape index (κ1) is 11.2. The molecule has 1 N–H and O–H groups in total. The van der Waals surface area contributed by atoms with E-state index < -0.39 is 5.60 Å². The molecule has 94 valence electrons. The third-order valence-electron chi connectivity index (χ3n) is 4.25.